The molecule has 3 heteroatoms. The Labute approximate surface area is 77.3 Å². The molecule has 0 aromatic heterocycles. The molecule has 1 amide bonds. The van der Waals surface area contributed by atoms with Crippen molar-refractivity contribution in [3.63, 3.8) is 0 Å². The molecule has 0 saturated heterocycles. The molecule has 0 radical (unpaired) electrons. The predicted octanol–water partition coefficient (Wildman–Crippen LogP) is 1.50. The number of carbonyl (C=O) groups is 1. The van der Waals surface area contributed by atoms with E-state index in [4.69, 9.17) is 0 Å². The second kappa shape index (κ2) is 32.1. The number of primary amides is 1. The molecule has 0 aliphatic carbocycles. The van der Waals surface area contributed by atoms with Crippen LogP contribution in [0, 0.1) is 0 Å². The molecule has 0 saturated carbocycles. The van der Waals surface area contributed by atoms with Gasteiger partial charge in [0.15, 0.2) is 0 Å². The molecular formula is C9H25N2O+. The lowest BCUT2D eigenvalue weighted by atomic mass is 10.8. The fourth-order valence-electron chi connectivity index (χ4n) is 0. The summed E-state index contributed by atoms with van der Waals surface area (Å²) in [4.78, 5) is 9.22. The quantitative estimate of drug-likeness (QED) is 0.344. The summed E-state index contributed by atoms with van der Waals surface area (Å²) in [5, 5.41) is 0. The Morgan fingerprint density at radius 3 is 1.17 bits per heavy atom. The van der Waals surface area contributed by atoms with Gasteiger partial charge in [0.1, 0.15) is 20.8 Å². The Kier molecular flexibility index (Phi) is 60.0. The molecule has 0 bridgehead atoms. The van der Waals surface area contributed by atoms with E-state index >= 15 is 0 Å². The standard InChI is InChI=1S/C3H8N.C2H5NO.2C2H6/c1-4(2)3;1-2(3)4;2*1-2/h1H2,2-3H3;1H3,(H2,3,4);2*1-2H3/q+1;;;/i1+1;;2*1+1,2+1. The first-order valence-electron chi connectivity index (χ1n) is 4.20. The molecule has 0 aromatic rings. The van der Waals surface area contributed by atoms with Gasteiger partial charge in [0.25, 0.3) is 0 Å². The van der Waals surface area contributed by atoms with E-state index in [-0.39, 0.29) is 5.91 Å². The molecular weight excluding hydrogens is 157 g/mol. The highest BCUT2D eigenvalue weighted by atomic mass is 16.1. The number of nitrogens with zero attached hydrogens (tertiary/aromatic N) is 1. The maximum atomic E-state index is 9.22. The fourth-order valence-corrected chi connectivity index (χ4v) is 0. The lowest BCUT2D eigenvalue weighted by Crippen LogP contribution is -2.01. The van der Waals surface area contributed by atoms with Gasteiger partial charge in [0.2, 0.25) is 5.91 Å². The van der Waals surface area contributed by atoms with E-state index in [0.717, 1.165) is 0 Å². The minimum absolute atomic E-state index is 0.333. The Morgan fingerprint density at radius 2 is 1.17 bits per heavy atom. The average molecular weight is 182 g/mol. The van der Waals surface area contributed by atoms with Crippen LogP contribution in [0.15, 0.2) is 0 Å². The number of amides is 1. The van der Waals surface area contributed by atoms with Gasteiger partial charge in [0.05, 0.1) is 0 Å². The normalized spacial score (nSPS) is 5.25. The number of nitrogens with two attached hydrogens (primary N) is 1. The van der Waals surface area contributed by atoms with Gasteiger partial charge in [-0.2, -0.15) is 0 Å². The van der Waals surface area contributed by atoms with Crippen LogP contribution in [0.2, 0.25) is 0 Å². The second-order valence-corrected chi connectivity index (χ2v) is 1.69. The van der Waals surface area contributed by atoms with E-state index in [2.05, 4.69) is 12.5 Å². The third kappa shape index (κ3) is 819. The summed E-state index contributed by atoms with van der Waals surface area (Å²) in [6, 6.07) is 0. The van der Waals surface area contributed by atoms with Gasteiger partial charge in [-0.3, -0.25) is 4.79 Å². The number of hydrogen-bond donors (Lipinski definition) is 1. The Morgan fingerprint density at radius 1 is 1.17 bits per heavy atom. The van der Waals surface area contributed by atoms with Crippen molar-refractivity contribution in [2.45, 2.75) is 34.6 Å². The molecule has 0 atom stereocenters. The number of hydrogen-bond acceptors (Lipinski definition) is 1. The summed E-state index contributed by atoms with van der Waals surface area (Å²) in [6.07, 6.45) is 0. The summed E-state index contributed by atoms with van der Waals surface area (Å²) in [5.74, 6) is -0.333. The van der Waals surface area contributed by atoms with Crippen molar-refractivity contribution in [1.29, 1.82) is 0 Å². The maximum Gasteiger partial charge on any atom is 0.214 e. The van der Waals surface area contributed by atoms with Crippen molar-refractivity contribution in [2.24, 2.45) is 5.73 Å². The average Bonchev–Trinajstić information content (AvgIpc) is 1.93. The van der Waals surface area contributed by atoms with Crippen molar-refractivity contribution >= 4 is 12.6 Å². The van der Waals surface area contributed by atoms with Crippen LogP contribution >= 0.6 is 0 Å². The molecule has 0 aromatic carbocycles. The Balaban J connectivity index is -0.0000000380. The Bertz CT molecular complexity index is 70.5. The monoisotopic (exact) mass is 182 g/mol. The lowest BCUT2D eigenvalue weighted by Gasteiger charge is -1.65. The summed E-state index contributed by atoms with van der Waals surface area (Å²) >= 11 is 0. The first-order chi connectivity index (χ1) is 5.46. The predicted molar refractivity (Wildman–Crippen MR) is 56.8 cm³/mol. The third-order valence-corrected chi connectivity index (χ3v) is 0. The highest BCUT2D eigenvalue weighted by Crippen LogP contribution is 1.33. The van der Waals surface area contributed by atoms with E-state index in [1.807, 2.05) is 41.8 Å². The third-order valence-electron chi connectivity index (χ3n) is 0. The largest absolute Gasteiger partial charge is 0.370 e. The molecule has 0 spiro atoms. The highest BCUT2D eigenvalue weighted by molar-refractivity contribution is 5.70. The molecule has 0 aliphatic heterocycles. The zero-order valence-electron chi connectivity index (χ0n) is 9.64. The van der Waals surface area contributed by atoms with Crippen molar-refractivity contribution in [3.05, 3.63) is 0 Å². The summed E-state index contributed by atoms with van der Waals surface area (Å²) in [5.41, 5.74) is 4.47. The smallest absolute Gasteiger partial charge is 0.214 e. The molecule has 0 rings (SSSR count). The van der Waals surface area contributed by atoms with E-state index in [1.165, 1.54) is 6.92 Å². The molecule has 3 nitrogen and oxygen atoms in total. The summed E-state index contributed by atoms with van der Waals surface area (Å²) in [7, 11) is 3.78. The van der Waals surface area contributed by atoms with Crippen LogP contribution in [0.25, 0.3) is 0 Å². The molecule has 76 valence electrons. The maximum absolute atomic E-state index is 9.22. The molecule has 0 heterocycles. The topological polar surface area (TPSA) is 46.1 Å². The highest BCUT2D eigenvalue weighted by Gasteiger charge is 1.61. The van der Waals surface area contributed by atoms with Gasteiger partial charge in [0, 0.05) is 6.92 Å². The number of rotatable bonds is 0. The minimum Gasteiger partial charge on any atom is -0.370 e. The van der Waals surface area contributed by atoms with E-state index in [0.29, 0.717) is 0 Å². The van der Waals surface area contributed by atoms with Crippen LogP contribution in [-0.2, 0) is 4.79 Å². The van der Waals surface area contributed by atoms with Gasteiger partial charge < -0.3 is 5.73 Å². The van der Waals surface area contributed by atoms with Gasteiger partial charge in [-0.1, -0.05) is 27.7 Å². The molecule has 0 aliphatic rings. The van der Waals surface area contributed by atoms with E-state index in [1.54, 1.807) is 4.58 Å². The summed E-state index contributed by atoms with van der Waals surface area (Å²) in [6.45, 7) is 12.8. The van der Waals surface area contributed by atoms with Crippen molar-refractivity contribution in [2.75, 3.05) is 14.1 Å². The minimum atomic E-state index is -0.333. The van der Waals surface area contributed by atoms with Crippen LogP contribution in [0.3, 0.4) is 0 Å². The first kappa shape index (κ1) is 22.5. The van der Waals surface area contributed by atoms with Crippen molar-refractivity contribution < 1.29 is 9.37 Å². The van der Waals surface area contributed by atoms with Crippen LogP contribution in [-0.4, -0.2) is 31.3 Å². The van der Waals surface area contributed by atoms with Gasteiger partial charge in [-0.15, -0.1) is 0 Å². The first-order valence-corrected chi connectivity index (χ1v) is 4.20. The molecule has 2 N–H and O–H groups in total. The fraction of sp³-hybridized carbons (Fsp3) is 0.778. The van der Waals surface area contributed by atoms with Crippen molar-refractivity contribution in [3.8, 4) is 0 Å². The van der Waals surface area contributed by atoms with Crippen LogP contribution in [0.4, 0.5) is 0 Å². The second-order valence-electron chi connectivity index (χ2n) is 1.69. The zero-order valence-corrected chi connectivity index (χ0v) is 9.64. The van der Waals surface area contributed by atoms with Crippen LogP contribution in [0.5, 0.6) is 0 Å². The van der Waals surface area contributed by atoms with Gasteiger partial charge in [-0.05, 0) is 0 Å². The summed E-state index contributed by atoms with van der Waals surface area (Å²) < 4.78 is 1.75. The van der Waals surface area contributed by atoms with Gasteiger partial charge >= 0.3 is 0 Å². The lowest BCUT2D eigenvalue weighted by molar-refractivity contribution is -0.454. The van der Waals surface area contributed by atoms with Crippen LogP contribution in [0.1, 0.15) is 34.6 Å². The molecule has 0 fully saturated rings. The number of carbonyl (C=O) groups excluding carboxylic acids is 1. The van der Waals surface area contributed by atoms with Crippen LogP contribution < -0.4 is 5.73 Å². The SMILES string of the molecule is CC(N)=O.C[N+](C)=[13CH2].[13CH3][13CH3].[13CH3][13CH3]. The van der Waals surface area contributed by atoms with E-state index < -0.39 is 0 Å². The van der Waals surface area contributed by atoms with E-state index in [9.17, 15) is 4.79 Å². The van der Waals surface area contributed by atoms with Crippen molar-refractivity contribution in [1.82, 2.24) is 0 Å². The zero-order chi connectivity index (χ0) is 11.2. The van der Waals surface area contributed by atoms with Gasteiger partial charge in [-0.25, -0.2) is 4.58 Å². The molecule has 0 unspecified atom stereocenters. The Hall–Kier alpha value is -0.860. The molecule has 12 heavy (non-hydrogen) atoms.